The lowest BCUT2D eigenvalue weighted by Crippen LogP contribution is -2.38. The number of hydrogen-bond acceptors (Lipinski definition) is 9. The van der Waals surface area contributed by atoms with Gasteiger partial charge < -0.3 is 19.5 Å². The summed E-state index contributed by atoms with van der Waals surface area (Å²) in [4.78, 5) is 35.4. The zero-order chi connectivity index (χ0) is 31.5. The predicted molar refractivity (Wildman–Crippen MR) is 180 cm³/mol. The smallest absolute Gasteiger partial charge is 0.268 e. The number of aryl methyl sites for hydroxylation is 1. The molecule has 0 radical (unpaired) electrons. The van der Waals surface area contributed by atoms with Crippen LogP contribution in [-0.2, 0) is 6.54 Å². The van der Waals surface area contributed by atoms with Crippen molar-refractivity contribution in [1.29, 1.82) is 0 Å². The number of likely N-dealkylation sites (tertiary alicyclic amines) is 1. The Balaban J connectivity index is 1.22. The topological polar surface area (TPSA) is 103 Å². The van der Waals surface area contributed by atoms with Crippen molar-refractivity contribution in [2.24, 2.45) is 0 Å². The van der Waals surface area contributed by atoms with Gasteiger partial charge in [-0.05, 0) is 81.7 Å². The quantitative estimate of drug-likeness (QED) is 0.234. The highest BCUT2D eigenvalue weighted by Crippen LogP contribution is 2.23. The number of hydrogen-bond donors (Lipinski definition) is 1. The molecule has 1 atom stereocenters. The first-order valence-corrected chi connectivity index (χ1v) is 16.0. The fourth-order valence-corrected chi connectivity index (χ4v) is 6.11. The van der Waals surface area contributed by atoms with Crippen LogP contribution in [0.5, 0.6) is 5.75 Å². The third-order valence-corrected chi connectivity index (χ3v) is 8.71. The number of rotatable bonds is 7. The van der Waals surface area contributed by atoms with Crippen LogP contribution in [0.15, 0.2) is 89.7 Å². The second kappa shape index (κ2) is 13.0. The highest BCUT2D eigenvalue weighted by molar-refractivity contribution is 7.09. The van der Waals surface area contributed by atoms with Crippen molar-refractivity contribution < 1.29 is 4.74 Å². The summed E-state index contributed by atoms with van der Waals surface area (Å²) in [5.41, 5.74) is 5.57. The van der Waals surface area contributed by atoms with E-state index in [9.17, 15) is 4.79 Å². The molecule has 1 aliphatic rings. The van der Waals surface area contributed by atoms with Crippen LogP contribution in [0.25, 0.3) is 16.7 Å². The lowest BCUT2D eigenvalue weighted by atomic mass is 10.1. The number of anilines is 2. The largest absolute Gasteiger partial charge is 0.489 e. The normalized spacial score (nSPS) is 15.0. The molecule has 2 aromatic carbocycles. The van der Waals surface area contributed by atoms with Crippen LogP contribution in [0.3, 0.4) is 0 Å². The summed E-state index contributed by atoms with van der Waals surface area (Å²) < 4.78 is 9.81. The standard InChI is InChI=1S/C35H32N8O2S/c1-24-32(38-23-46-24)15-10-25-17-26-18-37-35(39-27-11-13-30(14-12-27)45-31-9-6-16-41(2)21-31)40-33(26)42(34(25)44)20-29-19-36-22-43(29)28-7-4-3-5-8-28/h3-5,7-8,11-14,17-19,22-23,31H,6,9,16,20-21H2,1-2H3,(H,37,39,40). The zero-order valence-electron chi connectivity index (χ0n) is 25.6. The molecule has 6 aromatic rings. The van der Waals surface area contributed by atoms with Crippen molar-refractivity contribution in [2.45, 2.75) is 32.4 Å². The first-order valence-electron chi connectivity index (χ1n) is 15.1. The van der Waals surface area contributed by atoms with Crippen LogP contribution >= 0.6 is 11.3 Å². The molecule has 230 valence electrons. The molecule has 1 saturated heterocycles. The summed E-state index contributed by atoms with van der Waals surface area (Å²) in [7, 11) is 2.13. The molecule has 7 rings (SSSR count). The Morgan fingerprint density at radius 3 is 2.70 bits per heavy atom. The predicted octanol–water partition coefficient (Wildman–Crippen LogP) is 5.41. The van der Waals surface area contributed by atoms with Gasteiger partial charge in [-0.25, -0.2) is 15.0 Å². The van der Waals surface area contributed by atoms with Crippen LogP contribution in [0.1, 0.15) is 34.7 Å². The van der Waals surface area contributed by atoms with E-state index in [1.165, 1.54) is 11.3 Å². The van der Waals surface area contributed by atoms with E-state index in [0.717, 1.165) is 53.6 Å². The first kappa shape index (κ1) is 29.4. The number of nitrogens with one attached hydrogen (secondary N) is 1. The van der Waals surface area contributed by atoms with E-state index in [0.29, 0.717) is 28.2 Å². The van der Waals surface area contributed by atoms with Crippen LogP contribution in [0, 0.1) is 18.8 Å². The van der Waals surface area contributed by atoms with Gasteiger partial charge in [0.05, 0.1) is 35.8 Å². The molecular formula is C35H32N8O2S. The van der Waals surface area contributed by atoms with E-state index >= 15 is 0 Å². The van der Waals surface area contributed by atoms with Crippen molar-refractivity contribution in [3.63, 3.8) is 0 Å². The van der Waals surface area contributed by atoms with Gasteiger partial charge >= 0.3 is 0 Å². The molecule has 0 spiro atoms. The fourth-order valence-electron chi connectivity index (χ4n) is 5.58. The van der Waals surface area contributed by atoms with Gasteiger partial charge in [-0.2, -0.15) is 4.98 Å². The molecule has 11 heteroatoms. The molecule has 1 N–H and O–H groups in total. The minimum Gasteiger partial charge on any atom is -0.489 e. The van der Waals surface area contributed by atoms with E-state index in [1.807, 2.05) is 66.1 Å². The molecule has 1 aliphatic heterocycles. The Morgan fingerprint density at radius 1 is 1.07 bits per heavy atom. The maximum atomic E-state index is 14.0. The molecule has 0 aliphatic carbocycles. The summed E-state index contributed by atoms with van der Waals surface area (Å²) in [6, 6.07) is 19.4. The highest BCUT2D eigenvalue weighted by Gasteiger charge is 2.19. The first-order chi connectivity index (χ1) is 22.5. The molecule has 10 nitrogen and oxygen atoms in total. The van der Waals surface area contributed by atoms with Gasteiger partial charge in [0.1, 0.15) is 23.2 Å². The number of pyridine rings is 1. The Labute approximate surface area is 270 Å². The van der Waals surface area contributed by atoms with Crippen LogP contribution in [0.2, 0.25) is 0 Å². The van der Waals surface area contributed by atoms with Gasteiger partial charge in [0.15, 0.2) is 0 Å². The average molecular weight is 629 g/mol. The SMILES string of the molecule is Cc1scnc1C#Cc1cc2cnc(Nc3ccc(OC4CCCN(C)C4)cc3)nc2n(Cc2cncn2-c2ccccc2)c1=O. The van der Waals surface area contributed by atoms with E-state index < -0.39 is 0 Å². The second-order valence-corrected chi connectivity index (χ2v) is 12.4. The zero-order valence-corrected chi connectivity index (χ0v) is 26.4. The number of para-hydroxylation sites is 1. The number of likely N-dealkylation sites (N-methyl/N-ethyl adjacent to an activating group) is 1. The molecule has 5 heterocycles. The maximum absolute atomic E-state index is 14.0. The number of fused-ring (bicyclic) bond motifs is 1. The van der Waals surface area contributed by atoms with E-state index in [1.54, 1.807) is 34.9 Å². The Bertz CT molecular complexity index is 2110. The Morgan fingerprint density at radius 2 is 1.91 bits per heavy atom. The molecule has 0 bridgehead atoms. The van der Waals surface area contributed by atoms with Gasteiger partial charge in [-0.15, -0.1) is 11.3 Å². The Kier molecular flexibility index (Phi) is 8.29. The molecule has 0 saturated carbocycles. The van der Waals surface area contributed by atoms with Crippen LogP contribution in [0.4, 0.5) is 11.6 Å². The van der Waals surface area contributed by atoms with Crippen LogP contribution < -0.4 is 15.6 Å². The molecule has 1 fully saturated rings. The monoisotopic (exact) mass is 628 g/mol. The van der Waals surface area contributed by atoms with Gasteiger partial charge in [0.25, 0.3) is 5.56 Å². The highest BCUT2D eigenvalue weighted by atomic mass is 32.1. The van der Waals surface area contributed by atoms with Crippen molar-refractivity contribution in [2.75, 3.05) is 25.5 Å². The molecule has 46 heavy (non-hydrogen) atoms. The lowest BCUT2D eigenvalue weighted by Gasteiger charge is -2.30. The van der Waals surface area contributed by atoms with Gasteiger partial charge in [-0.3, -0.25) is 9.36 Å². The lowest BCUT2D eigenvalue weighted by molar-refractivity contribution is 0.104. The third kappa shape index (κ3) is 6.40. The van der Waals surface area contributed by atoms with E-state index in [2.05, 4.69) is 44.1 Å². The maximum Gasteiger partial charge on any atom is 0.268 e. The van der Waals surface area contributed by atoms with Gasteiger partial charge in [-0.1, -0.05) is 24.1 Å². The molecule has 0 amide bonds. The summed E-state index contributed by atoms with van der Waals surface area (Å²) >= 11 is 1.52. The number of benzene rings is 2. The van der Waals surface area contributed by atoms with Crippen molar-refractivity contribution in [3.05, 3.63) is 117 Å². The summed E-state index contributed by atoms with van der Waals surface area (Å²) in [6.07, 6.45) is 7.61. The molecule has 4 aromatic heterocycles. The minimum atomic E-state index is -0.256. The minimum absolute atomic E-state index is 0.191. The number of piperidine rings is 1. The number of nitrogens with zero attached hydrogens (tertiary/aromatic N) is 7. The van der Waals surface area contributed by atoms with Crippen molar-refractivity contribution in [1.82, 2.24) is 34.0 Å². The third-order valence-electron chi connectivity index (χ3n) is 7.95. The number of ether oxygens (including phenoxy) is 1. The van der Waals surface area contributed by atoms with E-state index in [-0.39, 0.29) is 18.2 Å². The Hall–Kier alpha value is -5.31. The van der Waals surface area contributed by atoms with Gasteiger partial charge in [0.2, 0.25) is 5.95 Å². The summed E-state index contributed by atoms with van der Waals surface area (Å²) in [5.74, 6) is 7.33. The number of aromatic nitrogens is 6. The number of imidazole rings is 1. The second-order valence-electron chi connectivity index (χ2n) is 11.3. The van der Waals surface area contributed by atoms with Crippen LogP contribution in [-0.4, -0.2) is 60.2 Å². The average Bonchev–Trinajstić information content (AvgIpc) is 3.71. The summed E-state index contributed by atoms with van der Waals surface area (Å²) in [6.45, 7) is 4.23. The molecular weight excluding hydrogens is 597 g/mol. The fraction of sp³-hybridized carbons (Fsp3) is 0.229. The van der Waals surface area contributed by atoms with E-state index in [4.69, 9.17) is 9.72 Å². The molecule has 1 unspecified atom stereocenters. The number of thiazole rings is 1. The van der Waals surface area contributed by atoms with Crippen molar-refractivity contribution >= 4 is 34.0 Å². The van der Waals surface area contributed by atoms with Crippen molar-refractivity contribution in [3.8, 4) is 23.3 Å². The van der Waals surface area contributed by atoms with Gasteiger partial charge in [0, 0.05) is 34.4 Å². The summed E-state index contributed by atoms with van der Waals surface area (Å²) in [5, 5.41) is 3.98.